The van der Waals surface area contributed by atoms with Gasteiger partial charge < -0.3 is 8.98 Å². The molecule has 0 saturated heterocycles. The van der Waals surface area contributed by atoms with Crippen molar-refractivity contribution < 1.29 is 4.42 Å². The second kappa shape index (κ2) is 15.2. The number of furan rings is 1. The minimum absolute atomic E-state index is 0.884. The molecule has 0 N–H and O–H groups in total. The normalized spacial score (nSPS) is 11.8. The van der Waals surface area contributed by atoms with E-state index in [0.717, 1.165) is 33.2 Å². The Kier molecular flexibility index (Phi) is 8.87. The monoisotopic (exact) mass is 819 g/mol. The third-order valence-corrected chi connectivity index (χ3v) is 17.8. The number of rotatable bonds is 8. The van der Waals surface area contributed by atoms with Crippen LogP contribution in [0.25, 0.3) is 82.8 Å². The molecule has 12 aromatic rings. The molecule has 0 saturated carbocycles. The topological polar surface area (TPSA) is 18.1 Å². The number of para-hydroxylation sites is 3. The molecule has 12 rings (SSSR count). The van der Waals surface area contributed by atoms with Crippen LogP contribution in [0.5, 0.6) is 0 Å². The molecule has 10 aromatic carbocycles. The molecule has 0 spiro atoms. The smallest absolute Gasteiger partial charge is 0.179 e. The van der Waals surface area contributed by atoms with Crippen LogP contribution in [0.2, 0.25) is 0 Å². The van der Waals surface area contributed by atoms with Gasteiger partial charge in [0.05, 0.1) is 16.7 Å². The minimum atomic E-state index is -2.57. The summed E-state index contributed by atoms with van der Waals surface area (Å²) in [6.45, 7) is 0. The highest BCUT2D eigenvalue weighted by Gasteiger charge is 2.41. The first-order valence-corrected chi connectivity index (χ1v) is 23.7. The maximum Gasteiger partial charge on any atom is 0.179 e. The summed E-state index contributed by atoms with van der Waals surface area (Å²) in [6.07, 6.45) is 0. The Labute approximate surface area is 367 Å². The van der Waals surface area contributed by atoms with E-state index < -0.39 is 8.07 Å². The van der Waals surface area contributed by atoms with Crippen LogP contribution in [0, 0.1) is 0 Å². The van der Waals surface area contributed by atoms with E-state index in [1.807, 2.05) is 0 Å². The van der Waals surface area contributed by atoms with E-state index in [2.05, 4.69) is 253 Å². The van der Waals surface area contributed by atoms with Crippen molar-refractivity contribution in [2.45, 2.75) is 0 Å². The molecular formula is C60H41NOSi. The Balaban J connectivity index is 0.869. The van der Waals surface area contributed by atoms with Crippen molar-refractivity contribution in [2.24, 2.45) is 0 Å². The zero-order chi connectivity index (χ0) is 41.7. The van der Waals surface area contributed by atoms with E-state index in [4.69, 9.17) is 4.42 Å². The fourth-order valence-corrected chi connectivity index (χ4v) is 14.8. The van der Waals surface area contributed by atoms with E-state index in [1.165, 1.54) is 70.4 Å². The number of fused-ring (bicyclic) bond motifs is 6. The van der Waals surface area contributed by atoms with Crippen LogP contribution in [0.1, 0.15) is 0 Å². The second-order valence-corrected chi connectivity index (χ2v) is 20.2. The highest BCUT2D eigenvalue weighted by Crippen LogP contribution is 2.39. The Hall–Kier alpha value is -7.98. The number of nitrogens with zero attached hydrogens (tertiary/aromatic N) is 1. The maximum atomic E-state index is 6.70. The third-order valence-electron chi connectivity index (χ3n) is 13.0. The van der Waals surface area contributed by atoms with Gasteiger partial charge in [0.2, 0.25) is 0 Å². The van der Waals surface area contributed by atoms with E-state index in [0.29, 0.717) is 0 Å². The van der Waals surface area contributed by atoms with Crippen LogP contribution >= 0.6 is 0 Å². The number of hydrogen-bond donors (Lipinski definition) is 0. The van der Waals surface area contributed by atoms with Crippen LogP contribution in [0.4, 0.5) is 0 Å². The van der Waals surface area contributed by atoms with Gasteiger partial charge in [-0.25, -0.2) is 0 Å². The van der Waals surface area contributed by atoms with E-state index >= 15 is 0 Å². The highest BCUT2D eigenvalue weighted by atomic mass is 28.3. The zero-order valence-electron chi connectivity index (χ0n) is 34.5. The first-order valence-electron chi connectivity index (χ1n) is 21.7. The molecule has 2 nitrogen and oxygen atoms in total. The second-order valence-electron chi connectivity index (χ2n) is 16.4. The summed E-state index contributed by atoms with van der Waals surface area (Å²) < 4.78 is 9.04. The summed E-state index contributed by atoms with van der Waals surface area (Å²) in [4.78, 5) is 0. The summed E-state index contributed by atoms with van der Waals surface area (Å²) in [6, 6.07) is 90.9. The van der Waals surface area contributed by atoms with Gasteiger partial charge in [0.25, 0.3) is 0 Å². The lowest BCUT2D eigenvalue weighted by atomic mass is 9.96. The number of hydrogen-bond acceptors (Lipinski definition) is 1. The molecule has 296 valence electrons. The van der Waals surface area contributed by atoms with Crippen LogP contribution < -0.4 is 20.7 Å². The summed E-state index contributed by atoms with van der Waals surface area (Å²) in [5.74, 6) is 0. The zero-order valence-corrected chi connectivity index (χ0v) is 35.5. The van der Waals surface area contributed by atoms with Crippen LogP contribution in [-0.4, -0.2) is 12.6 Å². The lowest BCUT2D eigenvalue weighted by Gasteiger charge is -2.34. The average Bonchev–Trinajstić information content (AvgIpc) is 3.91. The SMILES string of the molecule is c1ccc([Si](c2ccccc2)(c2ccccc2)c2ccc(-c3ccc(-c4cccc(-c5ccc6oc7c(-n8c9ccccc9c9ccccc98)cccc7c6c5)c4)cc3)cc2)cc1. The molecular weight excluding hydrogens is 779 g/mol. The van der Waals surface area contributed by atoms with Crippen molar-refractivity contribution in [1.82, 2.24) is 4.57 Å². The van der Waals surface area contributed by atoms with Gasteiger partial charge >= 0.3 is 0 Å². The molecule has 0 bridgehead atoms. The predicted molar refractivity (Wildman–Crippen MR) is 268 cm³/mol. The minimum Gasteiger partial charge on any atom is -0.454 e. The molecule has 0 aliphatic carbocycles. The van der Waals surface area contributed by atoms with E-state index in [1.54, 1.807) is 0 Å². The van der Waals surface area contributed by atoms with Crippen LogP contribution in [0.15, 0.2) is 253 Å². The fourth-order valence-electron chi connectivity index (χ4n) is 10.0. The Bertz CT molecular complexity index is 3440. The van der Waals surface area contributed by atoms with Gasteiger partial charge in [0, 0.05) is 21.5 Å². The van der Waals surface area contributed by atoms with Gasteiger partial charge in [-0.05, 0) is 90.5 Å². The van der Waals surface area contributed by atoms with Gasteiger partial charge in [-0.2, -0.15) is 0 Å². The number of benzene rings is 10. The van der Waals surface area contributed by atoms with Crippen molar-refractivity contribution in [3.8, 4) is 39.1 Å². The van der Waals surface area contributed by atoms with Crippen molar-refractivity contribution in [2.75, 3.05) is 0 Å². The van der Waals surface area contributed by atoms with Gasteiger partial charge in [0.15, 0.2) is 13.7 Å². The van der Waals surface area contributed by atoms with Crippen LogP contribution in [0.3, 0.4) is 0 Å². The van der Waals surface area contributed by atoms with Crippen molar-refractivity contribution in [3.05, 3.63) is 249 Å². The van der Waals surface area contributed by atoms with E-state index in [9.17, 15) is 0 Å². The van der Waals surface area contributed by atoms with Crippen molar-refractivity contribution >= 4 is 72.6 Å². The lowest BCUT2D eigenvalue weighted by Crippen LogP contribution is -2.74. The number of aromatic nitrogens is 1. The summed E-state index contributed by atoms with van der Waals surface area (Å²) in [5.41, 5.74) is 12.3. The standard InChI is InChI=1S/C60H41NOSi/c1-4-18-48(19-5-1)63(49-20-6-2-7-21-49,50-22-8-3-9-23-50)51-37-34-43(35-38-51)42-30-32-44(33-31-42)45-16-14-17-46(40-45)47-36-39-59-55(41-47)54-26-15-29-58(60(54)62-59)61-56-27-12-10-24-52(56)53-25-11-13-28-57(53)61/h1-41H. The van der Waals surface area contributed by atoms with Gasteiger partial charge in [0.1, 0.15) is 5.58 Å². The van der Waals surface area contributed by atoms with Crippen molar-refractivity contribution in [3.63, 3.8) is 0 Å². The maximum absolute atomic E-state index is 6.70. The largest absolute Gasteiger partial charge is 0.454 e. The molecule has 0 aliphatic rings. The Morgan fingerprint density at radius 3 is 1.27 bits per heavy atom. The third kappa shape index (κ3) is 6.08. The van der Waals surface area contributed by atoms with Crippen LogP contribution in [-0.2, 0) is 0 Å². The molecule has 2 aromatic heterocycles. The molecule has 0 amide bonds. The Morgan fingerprint density at radius 2 is 0.698 bits per heavy atom. The quantitative estimate of drug-likeness (QED) is 0.110. The predicted octanol–water partition coefficient (Wildman–Crippen LogP) is 13.1. The van der Waals surface area contributed by atoms with Gasteiger partial charge in [-0.1, -0.05) is 212 Å². The molecule has 2 heterocycles. The molecule has 63 heavy (non-hydrogen) atoms. The molecule has 0 aliphatic heterocycles. The fraction of sp³-hybridized carbons (Fsp3) is 0. The van der Waals surface area contributed by atoms with Crippen molar-refractivity contribution in [1.29, 1.82) is 0 Å². The average molecular weight is 820 g/mol. The summed E-state index contributed by atoms with van der Waals surface area (Å²) in [5, 5.41) is 10.2. The summed E-state index contributed by atoms with van der Waals surface area (Å²) in [7, 11) is -2.57. The first-order chi connectivity index (χ1) is 31.2. The molecule has 3 heteroatoms. The first kappa shape index (κ1) is 36.8. The highest BCUT2D eigenvalue weighted by molar-refractivity contribution is 7.19. The molecule has 0 radical (unpaired) electrons. The lowest BCUT2D eigenvalue weighted by molar-refractivity contribution is 0.666. The van der Waals surface area contributed by atoms with E-state index in [-0.39, 0.29) is 0 Å². The molecule has 0 unspecified atom stereocenters. The van der Waals surface area contributed by atoms with Gasteiger partial charge in [-0.3, -0.25) is 0 Å². The molecule has 0 atom stereocenters. The summed E-state index contributed by atoms with van der Waals surface area (Å²) >= 11 is 0. The Morgan fingerprint density at radius 1 is 0.286 bits per heavy atom. The molecule has 0 fully saturated rings. The van der Waals surface area contributed by atoms with Gasteiger partial charge in [-0.15, -0.1) is 0 Å².